The molecule has 18 heavy (non-hydrogen) atoms. The van der Waals surface area contributed by atoms with Gasteiger partial charge in [-0.1, -0.05) is 0 Å². The summed E-state index contributed by atoms with van der Waals surface area (Å²) in [5.41, 5.74) is 5.40. The van der Waals surface area contributed by atoms with Gasteiger partial charge in [0, 0.05) is 0 Å². The first-order chi connectivity index (χ1) is 8.43. The summed E-state index contributed by atoms with van der Waals surface area (Å²) in [6, 6.07) is 0. The van der Waals surface area contributed by atoms with Gasteiger partial charge in [-0.15, -0.1) is 0 Å². The summed E-state index contributed by atoms with van der Waals surface area (Å²) in [5.74, 6) is 0. The third-order valence-electron chi connectivity index (χ3n) is 2.37. The summed E-state index contributed by atoms with van der Waals surface area (Å²) in [5, 5.41) is 19.0. The van der Waals surface area contributed by atoms with Crippen molar-refractivity contribution in [2.45, 2.75) is 38.4 Å². The van der Waals surface area contributed by atoms with Crippen molar-refractivity contribution in [2.75, 3.05) is 19.8 Å². The van der Waals surface area contributed by atoms with Gasteiger partial charge in [0.25, 0.3) is 0 Å². The molecule has 0 aromatic carbocycles. The van der Waals surface area contributed by atoms with E-state index in [0.29, 0.717) is 0 Å². The average molecular weight is 285 g/mol. The standard InChI is InChI=1S/C9H20NO7P/c1-3-14-18(13,15-4-2)16-5-6-7(11)8(12)9(10)17-6/h6-9,11-12H,3-5,10H2,1-2H3. The Kier molecular flexibility index (Phi) is 6.16. The summed E-state index contributed by atoms with van der Waals surface area (Å²) in [6.07, 6.45) is -4.26. The highest BCUT2D eigenvalue weighted by Gasteiger charge is 2.42. The molecule has 1 fully saturated rings. The lowest BCUT2D eigenvalue weighted by Gasteiger charge is -2.19. The maximum Gasteiger partial charge on any atom is 0.474 e. The Hall–Kier alpha value is -0.0500. The molecule has 1 rings (SSSR count). The van der Waals surface area contributed by atoms with Crippen LogP contribution in [-0.4, -0.2) is 54.6 Å². The van der Waals surface area contributed by atoms with Gasteiger partial charge in [-0.05, 0) is 13.8 Å². The number of hydrogen-bond acceptors (Lipinski definition) is 8. The zero-order chi connectivity index (χ0) is 13.8. The second kappa shape index (κ2) is 6.93. The van der Waals surface area contributed by atoms with Crippen molar-refractivity contribution in [1.29, 1.82) is 0 Å². The van der Waals surface area contributed by atoms with E-state index < -0.39 is 32.4 Å². The minimum Gasteiger partial charge on any atom is -0.387 e. The van der Waals surface area contributed by atoms with Gasteiger partial charge in [-0.2, -0.15) is 0 Å². The molecule has 0 saturated carbocycles. The van der Waals surface area contributed by atoms with Crippen LogP contribution in [0.5, 0.6) is 0 Å². The highest BCUT2D eigenvalue weighted by Crippen LogP contribution is 2.49. The molecule has 0 amide bonds. The van der Waals surface area contributed by atoms with Crippen LogP contribution < -0.4 is 5.73 Å². The van der Waals surface area contributed by atoms with Crippen LogP contribution >= 0.6 is 7.82 Å². The van der Waals surface area contributed by atoms with Gasteiger partial charge in [0.1, 0.15) is 24.5 Å². The molecule has 0 aliphatic carbocycles. The highest BCUT2D eigenvalue weighted by molar-refractivity contribution is 7.48. The van der Waals surface area contributed by atoms with Gasteiger partial charge in [0.15, 0.2) is 0 Å². The zero-order valence-electron chi connectivity index (χ0n) is 10.4. The van der Waals surface area contributed by atoms with Crippen LogP contribution in [0.4, 0.5) is 0 Å². The molecule has 4 N–H and O–H groups in total. The Labute approximate surface area is 106 Å². The first-order valence-electron chi connectivity index (χ1n) is 5.74. The Balaban J connectivity index is 2.50. The lowest BCUT2D eigenvalue weighted by molar-refractivity contribution is -0.0239. The number of ether oxygens (including phenoxy) is 1. The third-order valence-corrected chi connectivity index (χ3v) is 3.98. The highest BCUT2D eigenvalue weighted by atomic mass is 31.2. The van der Waals surface area contributed by atoms with E-state index in [0.717, 1.165) is 0 Å². The lowest BCUT2D eigenvalue weighted by Crippen LogP contribution is -2.37. The third kappa shape index (κ3) is 3.97. The summed E-state index contributed by atoms with van der Waals surface area (Å²) in [4.78, 5) is 0. The number of rotatable bonds is 7. The molecule has 1 aliphatic heterocycles. The molecule has 1 saturated heterocycles. The van der Waals surface area contributed by atoms with Crippen LogP contribution in [0.2, 0.25) is 0 Å². The molecule has 108 valence electrons. The second-order valence-corrected chi connectivity index (χ2v) is 5.37. The monoisotopic (exact) mass is 285 g/mol. The summed E-state index contributed by atoms with van der Waals surface area (Å²) in [6.45, 7) is 3.37. The molecule has 1 aliphatic rings. The molecule has 0 spiro atoms. The van der Waals surface area contributed by atoms with Gasteiger partial charge >= 0.3 is 7.82 Å². The topological polar surface area (TPSA) is 120 Å². The first-order valence-corrected chi connectivity index (χ1v) is 7.20. The van der Waals surface area contributed by atoms with E-state index in [1.165, 1.54) is 0 Å². The van der Waals surface area contributed by atoms with E-state index >= 15 is 0 Å². The minimum absolute atomic E-state index is 0.160. The predicted molar refractivity (Wildman–Crippen MR) is 61.7 cm³/mol. The van der Waals surface area contributed by atoms with Crippen molar-refractivity contribution in [2.24, 2.45) is 5.73 Å². The molecule has 0 aromatic rings. The largest absolute Gasteiger partial charge is 0.474 e. The van der Waals surface area contributed by atoms with Crippen LogP contribution in [0.15, 0.2) is 0 Å². The molecule has 0 bridgehead atoms. The molecular weight excluding hydrogens is 265 g/mol. The molecule has 0 aromatic heterocycles. The Morgan fingerprint density at radius 1 is 1.17 bits per heavy atom. The number of aliphatic hydroxyl groups is 2. The van der Waals surface area contributed by atoms with Crippen LogP contribution in [-0.2, 0) is 22.9 Å². The van der Waals surface area contributed by atoms with E-state index in [1.54, 1.807) is 13.8 Å². The maximum absolute atomic E-state index is 11.9. The Bertz CT molecular complexity index is 293. The van der Waals surface area contributed by atoms with Gasteiger partial charge in [0.2, 0.25) is 0 Å². The number of phosphoric acid groups is 1. The van der Waals surface area contributed by atoms with Crippen molar-refractivity contribution in [3.63, 3.8) is 0 Å². The van der Waals surface area contributed by atoms with Gasteiger partial charge in [0.05, 0.1) is 19.8 Å². The van der Waals surface area contributed by atoms with Crippen molar-refractivity contribution >= 4 is 7.82 Å². The fourth-order valence-corrected chi connectivity index (χ4v) is 2.69. The Morgan fingerprint density at radius 2 is 1.72 bits per heavy atom. The summed E-state index contributed by atoms with van der Waals surface area (Å²) in [7, 11) is -3.65. The first kappa shape index (κ1) is 16.0. The van der Waals surface area contributed by atoms with Crippen molar-refractivity contribution in [3.8, 4) is 0 Å². The molecule has 1 heterocycles. The molecule has 0 radical (unpaired) electrons. The molecule has 9 heteroatoms. The zero-order valence-corrected chi connectivity index (χ0v) is 11.3. The lowest BCUT2D eigenvalue weighted by atomic mass is 10.1. The van der Waals surface area contributed by atoms with Crippen LogP contribution in [0.1, 0.15) is 13.8 Å². The predicted octanol–water partition coefficient (Wildman–Crippen LogP) is -0.411. The quantitative estimate of drug-likeness (QED) is 0.540. The van der Waals surface area contributed by atoms with E-state index in [1.807, 2.05) is 0 Å². The number of aliphatic hydroxyl groups excluding tert-OH is 2. The van der Waals surface area contributed by atoms with Gasteiger partial charge < -0.3 is 20.7 Å². The van der Waals surface area contributed by atoms with E-state index in [4.69, 9.17) is 24.0 Å². The van der Waals surface area contributed by atoms with Gasteiger partial charge in [-0.3, -0.25) is 13.6 Å². The summed E-state index contributed by atoms with van der Waals surface area (Å²) < 4.78 is 31.8. The van der Waals surface area contributed by atoms with Crippen molar-refractivity contribution in [3.05, 3.63) is 0 Å². The van der Waals surface area contributed by atoms with E-state index in [9.17, 15) is 14.8 Å². The van der Waals surface area contributed by atoms with E-state index in [2.05, 4.69) is 0 Å². The SMILES string of the molecule is CCOP(=O)(OCC)OCC1OC(N)C(O)C1O. The number of phosphoric ester groups is 1. The molecular formula is C9H20NO7P. The smallest absolute Gasteiger partial charge is 0.387 e. The van der Waals surface area contributed by atoms with Crippen molar-refractivity contribution < 1.29 is 33.1 Å². The fraction of sp³-hybridized carbons (Fsp3) is 1.00. The molecule has 4 atom stereocenters. The Morgan fingerprint density at radius 3 is 2.11 bits per heavy atom. The van der Waals surface area contributed by atoms with E-state index in [-0.39, 0.29) is 19.8 Å². The average Bonchev–Trinajstić information content (AvgIpc) is 2.55. The number of hydrogen-bond donors (Lipinski definition) is 3. The molecule has 4 unspecified atom stereocenters. The van der Waals surface area contributed by atoms with Crippen LogP contribution in [0.3, 0.4) is 0 Å². The summed E-state index contributed by atoms with van der Waals surface area (Å²) >= 11 is 0. The minimum atomic E-state index is -3.65. The van der Waals surface area contributed by atoms with Gasteiger partial charge in [-0.25, -0.2) is 4.57 Å². The second-order valence-electron chi connectivity index (χ2n) is 3.70. The maximum atomic E-state index is 11.9. The normalized spacial score (nSPS) is 32.9. The fourth-order valence-electron chi connectivity index (χ4n) is 1.51. The van der Waals surface area contributed by atoms with Crippen molar-refractivity contribution in [1.82, 2.24) is 0 Å². The molecule has 8 nitrogen and oxygen atoms in total. The van der Waals surface area contributed by atoms with Crippen LogP contribution in [0, 0.1) is 0 Å². The number of nitrogens with two attached hydrogens (primary N) is 1. The van der Waals surface area contributed by atoms with Crippen LogP contribution in [0.25, 0.3) is 0 Å².